The zero-order valence-electron chi connectivity index (χ0n) is 12.1. The smallest absolute Gasteiger partial charge is 0.186 e. The van der Waals surface area contributed by atoms with E-state index in [1.807, 2.05) is 18.2 Å². The molecule has 0 amide bonds. The normalized spacial score (nSPS) is 10.3. The monoisotopic (exact) mass is 295 g/mol. The highest BCUT2D eigenvalue weighted by Crippen LogP contribution is 2.26. The van der Waals surface area contributed by atoms with Crippen LogP contribution in [0.1, 0.15) is 25.3 Å². The van der Waals surface area contributed by atoms with Gasteiger partial charge in [0.25, 0.3) is 0 Å². The van der Waals surface area contributed by atoms with Crippen molar-refractivity contribution in [2.24, 2.45) is 5.10 Å². The van der Waals surface area contributed by atoms with Crippen molar-refractivity contribution in [1.29, 1.82) is 0 Å². The van der Waals surface area contributed by atoms with Crippen molar-refractivity contribution in [3.05, 3.63) is 23.8 Å². The molecule has 1 rings (SSSR count). The molecule has 0 aliphatic rings. The molecule has 110 valence electrons. The predicted molar refractivity (Wildman–Crippen MR) is 85.8 cm³/mol. The zero-order valence-corrected chi connectivity index (χ0v) is 12.9. The maximum atomic E-state index is 5.22. The van der Waals surface area contributed by atoms with Crippen molar-refractivity contribution in [3.63, 3.8) is 0 Å². The molecule has 6 heteroatoms. The van der Waals surface area contributed by atoms with Gasteiger partial charge in [0.05, 0.1) is 20.4 Å². The number of hydrazone groups is 1. The summed E-state index contributed by atoms with van der Waals surface area (Å²) in [5.41, 5.74) is 3.67. The lowest BCUT2D eigenvalue weighted by molar-refractivity contribution is 0.355. The molecule has 0 radical (unpaired) electrons. The molecule has 0 bridgehead atoms. The van der Waals surface area contributed by atoms with Gasteiger partial charge < -0.3 is 14.8 Å². The van der Waals surface area contributed by atoms with Crippen LogP contribution < -0.4 is 20.2 Å². The highest BCUT2D eigenvalue weighted by atomic mass is 32.1. The average molecular weight is 295 g/mol. The van der Waals surface area contributed by atoms with Crippen LogP contribution >= 0.6 is 12.2 Å². The second kappa shape index (κ2) is 9.14. The van der Waals surface area contributed by atoms with Crippen molar-refractivity contribution >= 4 is 23.5 Å². The van der Waals surface area contributed by atoms with Gasteiger partial charge in [-0.2, -0.15) is 5.10 Å². The van der Waals surface area contributed by atoms with Crippen LogP contribution in [0.5, 0.6) is 11.5 Å². The molecule has 0 saturated carbocycles. The van der Waals surface area contributed by atoms with Crippen LogP contribution in [0, 0.1) is 0 Å². The Balaban J connectivity index is 2.51. The van der Waals surface area contributed by atoms with Crippen molar-refractivity contribution in [1.82, 2.24) is 10.7 Å². The van der Waals surface area contributed by atoms with Gasteiger partial charge in [-0.1, -0.05) is 13.3 Å². The Hall–Kier alpha value is -1.82. The average Bonchev–Trinajstić information content (AvgIpc) is 2.47. The van der Waals surface area contributed by atoms with Crippen LogP contribution in [0.4, 0.5) is 0 Å². The fourth-order valence-electron chi connectivity index (χ4n) is 1.52. The summed E-state index contributed by atoms with van der Waals surface area (Å²) in [7, 11) is 3.21. The number of rotatable bonds is 7. The van der Waals surface area contributed by atoms with Gasteiger partial charge in [0.1, 0.15) is 0 Å². The molecule has 20 heavy (non-hydrogen) atoms. The van der Waals surface area contributed by atoms with Crippen LogP contribution in [0.25, 0.3) is 0 Å². The van der Waals surface area contributed by atoms with Gasteiger partial charge in [-0.15, -0.1) is 0 Å². The summed E-state index contributed by atoms with van der Waals surface area (Å²) in [6, 6.07) is 5.57. The minimum absolute atomic E-state index is 0.523. The predicted octanol–water partition coefficient (Wildman–Crippen LogP) is 2.30. The second-order valence-corrected chi connectivity index (χ2v) is 4.50. The molecule has 0 saturated heterocycles. The lowest BCUT2D eigenvalue weighted by Gasteiger charge is -2.08. The number of hydrogen-bond acceptors (Lipinski definition) is 4. The van der Waals surface area contributed by atoms with Crippen LogP contribution in [-0.2, 0) is 0 Å². The Labute approximate surface area is 125 Å². The van der Waals surface area contributed by atoms with Crippen molar-refractivity contribution in [3.8, 4) is 11.5 Å². The van der Waals surface area contributed by atoms with Gasteiger partial charge in [-0.3, -0.25) is 5.43 Å². The summed E-state index contributed by atoms with van der Waals surface area (Å²) in [6.45, 7) is 2.99. The van der Waals surface area contributed by atoms with Crippen LogP contribution in [0.15, 0.2) is 23.3 Å². The minimum atomic E-state index is 0.523. The fourth-order valence-corrected chi connectivity index (χ4v) is 1.67. The maximum Gasteiger partial charge on any atom is 0.186 e. The Morgan fingerprint density at radius 3 is 2.70 bits per heavy atom. The molecular weight excluding hydrogens is 274 g/mol. The Morgan fingerprint density at radius 2 is 2.05 bits per heavy atom. The van der Waals surface area contributed by atoms with E-state index in [-0.39, 0.29) is 0 Å². The van der Waals surface area contributed by atoms with Gasteiger partial charge in [0.15, 0.2) is 16.6 Å². The third-order valence-corrected chi connectivity index (χ3v) is 2.84. The summed E-state index contributed by atoms with van der Waals surface area (Å²) in [4.78, 5) is 0. The highest BCUT2D eigenvalue weighted by Gasteiger charge is 2.02. The van der Waals surface area contributed by atoms with Gasteiger partial charge >= 0.3 is 0 Å². The molecule has 0 spiro atoms. The number of thiocarbonyl (C=S) groups is 1. The Bertz CT molecular complexity index is 464. The minimum Gasteiger partial charge on any atom is -0.493 e. The summed E-state index contributed by atoms with van der Waals surface area (Å²) >= 11 is 5.09. The van der Waals surface area contributed by atoms with Crippen LogP contribution in [0.2, 0.25) is 0 Å². The summed E-state index contributed by atoms with van der Waals surface area (Å²) in [5.74, 6) is 1.36. The number of methoxy groups -OCH3 is 2. The third-order valence-electron chi connectivity index (χ3n) is 2.60. The van der Waals surface area contributed by atoms with Gasteiger partial charge in [-0.05, 0) is 42.4 Å². The molecular formula is C14H21N3O2S. The molecule has 0 heterocycles. The molecule has 0 atom stereocenters. The molecule has 5 nitrogen and oxygen atoms in total. The first-order valence-corrected chi connectivity index (χ1v) is 6.91. The Kier molecular flexibility index (Phi) is 7.42. The molecule has 0 aliphatic heterocycles. The standard InChI is InChI=1S/C14H21N3O2S/c1-4-5-8-15-14(20)17-16-10-11-6-7-12(18-2)13(9-11)19-3/h6-7,9-10H,4-5,8H2,1-3H3,(H2,15,17,20)/b16-10-. The van der Waals surface area contributed by atoms with Crippen LogP contribution in [0.3, 0.4) is 0 Å². The molecule has 2 N–H and O–H groups in total. The summed E-state index contributed by atoms with van der Waals surface area (Å²) < 4.78 is 10.4. The fraction of sp³-hybridized carbons (Fsp3) is 0.429. The Morgan fingerprint density at radius 1 is 1.30 bits per heavy atom. The van der Waals surface area contributed by atoms with Gasteiger partial charge in [0, 0.05) is 6.54 Å². The second-order valence-electron chi connectivity index (χ2n) is 4.09. The van der Waals surface area contributed by atoms with Gasteiger partial charge in [-0.25, -0.2) is 0 Å². The van der Waals surface area contributed by atoms with E-state index in [1.54, 1.807) is 20.4 Å². The zero-order chi connectivity index (χ0) is 14.8. The first-order valence-electron chi connectivity index (χ1n) is 6.50. The van der Waals surface area contributed by atoms with Crippen LogP contribution in [-0.4, -0.2) is 32.1 Å². The number of nitrogens with one attached hydrogen (secondary N) is 2. The number of nitrogens with zero attached hydrogens (tertiary/aromatic N) is 1. The van der Waals surface area contributed by atoms with Crippen molar-refractivity contribution < 1.29 is 9.47 Å². The number of unbranched alkanes of at least 4 members (excludes halogenated alkanes) is 1. The van der Waals surface area contributed by atoms with E-state index in [4.69, 9.17) is 21.7 Å². The van der Waals surface area contributed by atoms with E-state index >= 15 is 0 Å². The van der Waals surface area contributed by atoms with E-state index < -0.39 is 0 Å². The van der Waals surface area contributed by atoms with E-state index in [0.717, 1.165) is 24.9 Å². The summed E-state index contributed by atoms with van der Waals surface area (Å²) in [5, 5.41) is 7.67. The van der Waals surface area contributed by atoms with E-state index in [0.29, 0.717) is 16.6 Å². The molecule has 1 aromatic rings. The SMILES string of the molecule is CCCCNC(=S)N/N=C\c1ccc(OC)c(OC)c1. The molecule has 0 unspecified atom stereocenters. The quantitative estimate of drug-likeness (QED) is 0.350. The summed E-state index contributed by atoms with van der Waals surface area (Å²) in [6.07, 6.45) is 3.89. The first-order chi connectivity index (χ1) is 9.71. The molecule has 1 aromatic carbocycles. The van der Waals surface area contributed by atoms with Crippen molar-refractivity contribution in [2.75, 3.05) is 20.8 Å². The largest absolute Gasteiger partial charge is 0.493 e. The number of ether oxygens (including phenoxy) is 2. The lowest BCUT2D eigenvalue weighted by Crippen LogP contribution is -2.32. The molecule has 0 aliphatic carbocycles. The lowest BCUT2D eigenvalue weighted by atomic mass is 10.2. The highest BCUT2D eigenvalue weighted by molar-refractivity contribution is 7.80. The molecule has 0 aromatic heterocycles. The number of benzene rings is 1. The maximum absolute atomic E-state index is 5.22. The number of hydrogen-bond donors (Lipinski definition) is 2. The van der Waals surface area contributed by atoms with E-state index in [9.17, 15) is 0 Å². The van der Waals surface area contributed by atoms with Gasteiger partial charge in [0.2, 0.25) is 0 Å². The molecule has 0 fully saturated rings. The first kappa shape index (κ1) is 16.2. The van der Waals surface area contributed by atoms with Crippen molar-refractivity contribution in [2.45, 2.75) is 19.8 Å². The third kappa shape index (κ3) is 5.44. The van der Waals surface area contributed by atoms with E-state index in [2.05, 4.69) is 22.8 Å². The van der Waals surface area contributed by atoms with E-state index in [1.165, 1.54) is 0 Å². The topological polar surface area (TPSA) is 54.9 Å².